The first kappa shape index (κ1) is 18.7. The minimum atomic E-state index is -0.315. The van der Waals surface area contributed by atoms with E-state index < -0.39 is 0 Å². The van der Waals surface area contributed by atoms with Gasteiger partial charge in [0.15, 0.2) is 6.61 Å². The maximum atomic E-state index is 11.8. The molecule has 0 fully saturated rings. The average molecular weight is 380 g/mol. The van der Waals surface area contributed by atoms with Crippen molar-refractivity contribution in [2.75, 3.05) is 6.61 Å². The van der Waals surface area contributed by atoms with Gasteiger partial charge in [-0.2, -0.15) is 5.10 Å². The van der Waals surface area contributed by atoms with E-state index in [2.05, 4.69) is 10.5 Å². The normalized spacial score (nSPS) is 10.7. The van der Waals surface area contributed by atoms with Gasteiger partial charge in [-0.05, 0) is 53.8 Å². The highest BCUT2D eigenvalue weighted by Crippen LogP contribution is 2.18. The molecule has 0 saturated heterocycles. The van der Waals surface area contributed by atoms with Gasteiger partial charge in [0.2, 0.25) is 0 Å². The van der Waals surface area contributed by atoms with E-state index in [-0.39, 0.29) is 12.5 Å². The van der Waals surface area contributed by atoms with Crippen LogP contribution in [0.2, 0.25) is 0 Å². The molecule has 0 aliphatic carbocycles. The van der Waals surface area contributed by atoms with Gasteiger partial charge in [-0.1, -0.05) is 30.3 Å². The summed E-state index contributed by atoms with van der Waals surface area (Å²) in [6.45, 7) is 2.40. The van der Waals surface area contributed by atoms with Gasteiger partial charge < -0.3 is 9.47 Å². The van der Waals surface area contributed by atoms with Crippen molar-refractivity contribution in [2.24, 2.45) is 5.10 Å². The fourth-order valence-corrected chi connectivity index (χ4v) is 3.02. The Kier molecular flexibility index (Phi) is 6.60. The van der Waals surface area contributed by atoms with Gasteiger partial charge in [-0.15, -0.1) is 11.3 Å². The standard InChI is InChI=1S/C21H20N2O3S/c1-16-11-12-27-20(16)13-22-23-21(24)15-26-19-9-7-18(8-10-19)25-14-17-5-3-2-4-6-17/h2-13H,14-15H2,1H3,(H,23,24)/b22-13+. The minimum Gasteiger partial charge on any atom is -0.489 e. The van der Waals surface area contributed by atoms with Crippen molar-refractivity contribution in [3.63, 3.8) is 0 Å². The molecule has 1 amide bonds. The molecule has 138 valence electrons. The van der Waals surface area contributed by atoms with Gasteiger partial charge in [-0.25, -0.2) is 5.43 Å². The zero-order chi connectivity index (χ0) is 18.9. The van der Waals surface area contributed by atoms with Gasteiger partial charge >= 0.3 is 0 Å². The number of carbonyl (C=O) groups is 1. The number of aryl methyl sites for hydroxylation is 1. The fourth-order valence-electron chi connectivity index (χ4n) is 2.23. The summed E-state index contributed by atoms with van der Waals surface area (Å²) in [6.07, 6.45) is 1.64. The quantitative estimate of drug-likeness (QED) is 0.471. The molecule has 0 bridgehead atoms. The third-order valence-corrected chi connectivity index (χ3v) is 4.67. The average Bonchev–Trinajstić information content (AvgIpc) is 3.11. The van der Waals surface area contributed by atoms with Gasteiger partial charge in [0, 0.05) is 4.88 Å². The first-order valence-corrected chi connectivity index (χ1v) is 9.34. The molecule has 0 unspecified atom stereocenters. The van der Waals surface area contributed by atoms with Crippen LogP contribution in [0, 0.1) is 6.92 Å². The SMILES string of the molecule is Cc1ccsc1/C=N/NC(=O)COc1ccc(OCc2ccccc2)cc1. The van der Waals surface area contributed by atoms with Crippen LogP contribution < -0.4 is 14.9 Å². The van der Waals surface area contributed by atoms with Crippen LogP contribution in [0.25, 0.3) is 0 Å². The first-order valence-electron chi connectivity index (χ1n) is 8.46. The molecule has 27 heavy (non-hydrogen) atoms. The Bertz CT molecular complexity index is 889. The lowest BCUT2D eigenvalue weighted by Gasteiger charge is -2.08. The van der Waals surface area contributed by atoms with Crippen molar-refractivity contribution in [3.05, 3.63) is 82.0 Å². The Morgan fingerprint density at radius 1 is 1.04 bits per heavy atom. The van der Waals surface area contributed by atoms with Crippen LogP contribution in [0.15, 0.2) is 71.1 Å². The summed E-state index contributed by atoms with van der Waals surface area (Å²) in [7, 11) is 0. The van der Waals surface area contributed by atoms with Crippen molar-refractivity contribution in [2.45, 2.75) is 13.5 Å². The molecule has 5 nitrogen and oxygen atoms in total. The zero-order valence-corrected chi connectivity index (χ0v) is 15.7. The van der Waals surface area contributed by atoms with Crippen LogP contribution in [0.1, 0.15) is 16.0 Å². The fraction of sp³-hybridized carbons (Fsp3) is 0.143. The summed E-state index contributed by atoms with van der Waals surface area (Å²) in [4.78, 5) is 12.8. The number of hydrogen-bond acceptors (Lipinski definition) is 5. The van der Waals surface area contributed by atoms with Crippen molar-refractivity contribution in [1.82, 2.24) is 5.43 Å². The van der Waals surface area contributed by atoms with Crippen molar-refractivity contribution < 1.29 is 14.3 Å². The molecule has 6 heteroatoms. The summed E-state index contributed by atoms with van der Waals surface area (Å²) in [5.41, 5.74) is 4.69. The van der Waals surface area contributed by atoms with E-state index in [1.165, 1.54) is 0 Å². The van der Waals surface area contributed by atoms with E-state index in [1.807, 2.05) is 60.8 Å². The first-order chi connectivity index (χ1) is 13.2. The topological polar surface area (TPSA) is 59.9 Å². The van der Waals surface area contributed by atoms with Gasteiger partial charge in [0.1, 0.15) is 18.1 Å². The number of hydrazone groups is 1. The lowest BCUT2D eigenvalue weighted by Crippen LogP contribution is -2.24. The molecule has 2 aromatic carbocycles. The highest BCUT2D eigenvalue weighted by molar-refractivity contribution is 7.11. The number of hydrogen-bond donors (Lipinski definition) is 1. The van der Waals surface area contributed by atoms with E-state index in [4.69, 9.17) is 9.47 Å². The Morgan fingerprint density at radius 3 is 2.41 bits per heavy atom. The molecule has 0 spiro atoms. The molecule has 1 N–H and O–H groups in total. The van der Waals surface area contributed by atoms with E-state index in [1.54, 1.807) is 29.7 Å². The van der Waals surface area contributed by atoms with Crippen LogP contribution in [-0.2, 0) is 11.4 Å². The molecular formula is C21H20N2O3S. The predicted octanol–water partition coefficient (Wildman–Crippen LogP) is 4.16. The molecule has 0 atom stereocenters. The number of rotatable bonds is 8. The molecular weight excluding hydrogens is 360 g/mol. The number of carbonyl (C=O) groups excluding carboxylic acids is 1. The Hall–Kier alpha value is -3.12. The van der Waals surface area contributed by atoms with E-state index in [9.17, 15) is 4.79 Å². The summed E-state index contributed by atoms with van der Waals surface area (Å²) < 4.78 is 11.2. The van der Waals surface area contributed by atoms with Crippen molar-refractivity contribution in [1.29, 1.82) is 0 Å². The summed E-state index contributed by atoms with van der Waals surface area (Å²) in [5, 5.41) is 5.92. The molecule has 3 rings (SSSR count). The lowest BCUT2D eigenvalue weighted by molar-refractivity contribution is -0.123. The van der Waals surface area contributed by atoms with E-state index >= 15 is 0 Å². The second-order valence-electron chi connectivity index (χ2n) is 5.80. The third kappa shape index (κ3) is 5.97. The minimum absolute atomic E-state index is 0.106. The summed E-state index contributed by atoms with van der Waals surface area (Å²) in [6, 6.07) is 19.1. The number of nitrogens with one attached hydrogen (secondary N) is 1. The van der Waals surface area contributed by atoms with E-state index in [0.717, 1.165) is 21.8 Å². The maximum Gasteiger partial charge on any atom is 0.277 e. The Morgan fingerprint density at radius 2 is 1.74 bits per heavy atom. The Labute approximate surface area is 162 Å². The highest BCUT2D eigenvalue weighted by atomic mass is 32.1. The molecule has 0 aliphatic heterocycles. The summed E-state index contributed by atoms with van der Waals surface area (Å²) in [5.74, 6) is 1.02. The molecule has 0 saturated carbocycles. The number of amides is 1. The molecule has 0 aliphatic rings. The number of benzene rings is 2. The third-order valence-electron chi connectivity index (χ3n) is 3.71. The van der Waals surface area contributed by atoms with Gasteiger partial charge in [0.05, 0.1) is 6.21 Å². The zero-order valence-electron chi connectivity index (χ0n) is 14.9. The lowest BCUT2D eigenvalue weighted by atomic mass is 10.2. The molecule has 0 radical (unpaired) electrons. The summed E-state index contributed by atoms with van der Waals surface area (Å²) >= 11 is 1.57. The molecule has 1 heterocycles. The monoisotopic (exact) mass is 380 g/mol. The predicted molar refractivity (Wildman–Crippen MR) is 108 cm³/mol. The second-order valence-corrected chi connectivity index (χ2v) is 6.74. The molecule has 1 aromatic heterocycles. The van der Waals surface area contributed by atoms with Crippen molar-refractivity contribution in [3.8, 4) is 11.5 Å². The van der Waals surface area contributed by atoms with Gasteiger partial charge in [-0.3, -0.25) is 4.79 Å². The molecule has 3 aromatic rings. The van der Waals surface area contributed by atoms with E-state index in [0.29, 0.717) is 12.4 Å². The van der Waals surface area contributed by atoms with Crippen LogP contribution in [0.5, 0.6) is 11.5 Å². The van der Waals surface area contributed by atoms with Crippen LogP contribution >= 0.6 is 11.3 Å². The second kappa shape index (κ2) is 9.54. The highest BCUT2D eigenvalue weighted by Gasteiger charge is 2.03. The largest absolute Gasteiger partial charge is 0.489 e. The van der Waals surface area contributed by atoms with Gasteiger partial charge in [0.25, 0.3) is 5.91 Å². The van der Waals surface area contributed by atoms with Crippen LogP contribution in [0.3, 0.4) is 0 Å². The Balaban J connectivity index is 1.41. The number of nitrogens with zero attached hydrogens (tertiary/aromatic N) is 1. The number of thiophene rings is 1. The van der Waals surface area contributed by atoms with Crippen molar-refractivity contribution >= 4 is 23.5 Å². The number of ether oxygens (including phenoxy) is 2. The van der Waals surface area contributed by atoms with Crippen LogP contribution in [0.4, 0.5) is 0 Å². The smallest absolute Gasteiger partial charge is 0.277 e. The van der Waals surface area contributed by atoms with Crippen LogP contribution in [-0.4, -0.2) is 18.7 Å². The maximum absolute atomic E-state index is 11.8.